The normalized spacial score (nSPS) is 23.0. The first kappa shape index (κ1) is 16.6. The minimum absolute atomic E-state index is 0.0435. The molecular formula is C17H24NO4-. The smallest absolute Gasteiger partial charge is 0.226 e. The van der Waals surface area contributed by atoms with Gasteiger partial charge in [-0.05, 0) is 38.3 Å². The predicted octanol–water partition coefficient (Wildman–Crippen LogP) is 1.62. The molecule has 1 aromatic rings. The largest absolute Gasteiger partial charge is 0.550 e. The van der Waals surface area contributed by atoms with E-state index in [-0.39, 0.29) is 11.9 Å². The number of nitrogens with zero attached hydrogens (tertiary/aromatic N) is 1. The van der Waals surface area contributed by atoms with Crippen molar-refractivity contribution in [3.63, 3.8) is 0 Å². The lowest BCUT2D eigenvalue weighted by atomic mass is 9.78. The van der Waals surface area contributed by atoms with Crippen LogP contribution in [0.1, 0.15) is 44.8 Å². The molecule has 1 heterocycles. The molecule has 122 valence electrons. The first-order valence-electron chi connectivity index (χ1n) is 8.00. The Morgan fingerprint density at radius 1 is 1.36 bits per heavy atom. The fourth-order valence-corrected chi connectivity index (χ4v) is 3.19. The summed E-state index contributed by atoms with van der Waals surface area (Å²) in [5, 5.41) is 11.2. The number of aryl methyl sites for hydroxylation is 1. The third-order valence-corrected chi connectivity index (χ3v) is 4.78. The molecular weight excluding hydrogens is 282 g/mol. The molecule has 0 aliphatic heterocycles. The van der Waals surface area contributed by atoms with E-state index in [0.717, 1.165) is 31.4 Å². The van der Waals surface area contributed by atoms with Crippen LogP contribution in [0.5, 0.6) is 0 Å². The van der Waals surface area contributed by atoms with E-state index in [4.69, 9.17) is 4.42 Å². The zero-order chi connectivity index (χ0) is 16.1. The topological polar surface area (TPSA) is 73.6 Å². The van der Waals surface area contributed by atoms with Crippen molar-refractivity contribution in [2.75, 3.05) is 7.05 Å². The van der Waals surface area contributed by atoms with Crippen LogP contribution in [0.15, 0.2) is 22.8 Å². The highest BCUT2D eigenvalue weighted by Crippen LogP contribution is 2.31. The minimum Gasteiger partial charge on any atom is -0.550 e. The Morgan fingerprint density at radius 3 is 2.64 bits per heavy atom. The van der Waals surface area contributed by atoms with E-state index in [2.05, 4.69) is 0 Å². The summed E-state index contributed by atoms with van der Waals surface area (Å²) in [6, 6.07) is 3.81. The van der Waals surface area contributed by atoms with Crippen LogP contribution in [0.25, 0.3) is 0 Å². The minimum atomic E-state index is -1.09. The van der Waals surface area contributed by atoms with Crippen molar-refractivity contribution in [1.29, 1.82) is 0 Å². The molecule has 0 spiro atoms. The van der Waals surface area contributed by atoms with Gasteiger partial charge in [0.25, 0.3) is 0 Å². The fraction of sp³-hybridized carbons (Fsp3) is 0.647. The number of aliphatic carboxylic acids is 1. The van der Waals surface area contributed by atoms with Gasteiger partial charge in [0.05, 0.1) is 6.26 Å². The Hall–Kier alpha value is -1.78. The molecule has 0 bridgehead atoms. The fourth-order valence-electron chi connectivity index (χ4n) is 3.19. The van der Waals surface area contributed by atoms with Gasteiger partial charge in [-0.15, -0.1) is 0 Å². The molecule has 1 saturated carbocycles. The number of carbonyl (C=O) groups is 2. The van der Waals surface area contributed by atoms with Gasteiger partial charge in [0.2, 0.25) is 5.91 Å². The molecule has 1 aromatic heterocycles. The van der Waals surface area contributed by atoms with Crippen LogP contribution in [-0.4, -0.2) is 29.9 Å². The second-order valence-corrected chi connectivity index (χ2v) is 6.23. The third-order valence-electron chi connectivity index (χ3n) is 4.78. The summed E-state index contributed by atoms with van der Waals surface area (Å²) < 4.78 is 5.30. The molecule has 1 aliphatic rings. The molecule has 5 heteroatoms. The molecule has 1 amide bonds. The molecule has 0 aromatic carbocycles. The van der Waals surface area contributed by atoms with Crippen molar-refractivity contribution in [3.8, 4) is 0 Å². The van der Waals surface area contributed by atoms with Crippen LogP contribution in [0, 0.1) is 11.8 Å². The van der Waals surface area contributed by atoms with Crippen molar-refractivity contribution in [2.24, 2.45) is 11.8 Å². The Morgan fingerprint density at radius 2 is 2.05 bits per heavy atom. The first-order valence-corrected chi connectivity index (χ1v) is 8.00. The predicted molar refractivity (Wildman–Crippen MR) is 79.7 cm³/mol. The van der Waals surface area contributed by atoms with E-state index in [1.165, 1.54) is 0 Å². The lowest BCUT2D eigenvalue weighted by Gasteiger charge is -2.36. The molecule has 0 saturated heterocycles. The first-order chi connectivity index (χ1) is 10.5. The lowest BCUT2D eigenvalue weighted by Crippen LogP contribution is -2.47. The van der Waals surface area contributed by atoms with E-state index in [1.54, 1.807) is 18.2 Å². The van der Waals surface area contributed by atoms with Gasteiger partial charge in [0.1, 0.15) is 5.76 Å². The maximum absolute atomic E-state index is 12.6. The molecule has 1 fully saturated rings. The number of amides is 1. The molecule has 1 aliphatic carbocycles. The summed E-state index contributed by atoms with van der Waals surface area (Å²) in [4.78, 5) is 25.6. The number of hydrogen-bond acceptors (Lipinski definition) is 4. The van der Waals surface area contributed by atoms with Gasteiger partial charge in [-0.25, -0.2) is 0 Å². The van der Waals surface area contributed by atoms with Crippen molar-refractivity contribution >= 4 is 11.9 Å². The summed E-state index contributed by atoms with van der Waals surface area (Å²) in [6.45, 7) is 1.98. The van der Waals surface area contributed by atoms with Gasteiger partial charge in [-0.3, -0.25) is 4.79 Å². The monoisotopic (exact) mass is 306 g/mol. The molecule has 3 atom stereocenters. The summed E-state index contributed by atoms with van der Waals surface area (Å²) in [5.41, 5.74) is 0. The summed E-state index contributed by atoms with van der Waals surface area (Å²) in [6.07, 6.45) is 6.16. The highest BCUT2D eigenvalue weighted by atomic mass is 16.4. The van der Waals surface area contributed by atoms with Crippen LogP contribution >= 0.6 is 0 Å². The number of hydrogen-bond donors (Lipinski definition) is 0. The molecule has 0 radical (unpaired) electrons. The second kappa shape index (κ2) is 7.47. The summed E-state index contributed by atoms with van der Waals surface area (Å²) in [5.74, 6) is -1.33. The Labute approximate surface area is 131 Å². The standard InChI is InChI=1S/C17H25NO4/c1-12(9-10-13-6-5-11-22-13)18(2)16(19)14-7-3-4-8-15(14)17(20)21/h5-6,11-12,14-15H,3-4,7-10H2,1-2H3,(H,20,21)/p-1/t12-,14-,15+/m1/s1. The van der Waals surface area contributed by atoms with E-state index in [9.17, 15) is 14.7 Å². The van der Waals surface area contributed by atoms with Crippen molar-refractivity contribution < 1.29 is 19.1 Å². The third kappa shape index (κ3) is 3.90. The van der Waals surface area contributed by atoms with Crippen LogP contribution in [0.4, 0.5) is 0 Å². The number of carbonyl (C=O) groups excluding carboxylic acids is 2. The van der Waals surface area contributed by atoms with E-state index >= 15 is 0 Å². The average Bonchev–Trinajstić information content (AvgIpc) is 3.04. The maximum atomic E-state index is 12.6. The van der Waals surface area contributed by atoms with Crippen LogP contribution in [0.2, 0.25) is 0 Å². The van der Waals surface area contributed by atoms with E-state index in [1.807, 2.05) is 19.1 Å². The van der Waals surface area contributed by atoms with E-state index in [0.29, 0.717) is 12.8 Å². The van der Waals surface area contributed by atoms with Gasteiger partial charge < -0.3 is 19.2 Å². The number of rotatable bonds is 6. The zero-order valence-electron chi connectivity index (χ0n) is 13.3. The molecule has 2 rings (SSSR count). The van der Waals surface area contributed by atoms with Crippen LogP contribution in [0.3, 0.4) is 0 Å². The zero-order valence-corrected chi connectivity index (χ0v) is 13.3. The van der Waals surface area contributed by atoms with Gasteiger partial charge >= 0.3 is 0 Å². The lowest BCUT2D eigenvalue weighted by molar-refractivity contribution is -0.314. The number of furan rings is 1. The number of carboxylic acids is 1. The quantitative estimate of drug-likeness (QED) is 0.800. The molecule has 0 unspecified atom stereocenters. The Balaban J connectivity index is 1.93. The molecule has 22 heavy (non-hydrogen) atoms. The van der Waals surface area contributed by atoms with Crippen molar-refractivity contribution in [1.82, 2.24) is 4.90 Å². The summed E-state index contributed by atoms with van der Waals surface area (Å²) >= 11 is 0. The maximum Gasteiger partial charge on any atom is 0.226 e. The SMILES string of the molecule is C[C@H](CCc1ccco1)N(C)C(=O)[C@@H]1CCCC[C@@H]1C(=O)[O-]. The van der Waals surface area contributed by atoms with E-state index < -0.39 is 17.8 Å². The number of carboxylic acid groups (broad SMARTS) is 1. The van der Waals surface area contributed by atoms with Crippen LogP contribution < -0.4 is 5.11 Å². The highest BCUT2D eigenvalue weighted by Gasteiger charge is 2.34. The Kier molecular flexibility index (Phi) is 5.63. The van der Waals surface area contributed by atoms with Crippen molar-refractivity contribution in [3.05, 3.63) is 24.2 Å². The second-order valence-electron chi connectivity index (χ2n) is 6.23. The van der Waals surface area contributed by atoms with Gasteiger partial charge in [0, 0.05) is 37.3 Å². The molecule has 5 nitrogen and oxygen atoms in total. The van der Waals surface area contributed by atoms with Gasteiger partial charge in [0.15, 0.2) is 0 Å². The van der Waals surface area contributed by atoms with Crippen LogP contribution in [-0.2, 0) is 16.0 Å². The average molecular weight is 306 g/mol. The highest BCUT2D eigenvalue weighted by molar-refractivity contribution is 5.84. The molecule has 0 N–H and O–H groups in total. The van der Waals surface area contributed by atoms with Gasteiger partial charge in [-0.2, -0.15) is 0 Å². The van der Waals surface area contributed by atoms with Crippen molar-refractivity contribution in [2.45, 2.75) is 51.5 Å². The Bertz CT molecular complexity index is 497. The summed E-state index contributed by atoms with van der Waals surface area (Å²) in [7, 11) is 1.76. The van der Waals surface area contributed by atoms with Gasteiger partial charge in [-0.1, -0.05) is 12.8 Å².